The van der Waals surface area contributed by atoms with E-state index in [9.17, 15) is 31.2 Å². The Morgan fingerprint density at radius 2 is 0.906 bits per heavy atom. The molecule has 664 valence electrons. The van der Waals surface area contributed by atoms with Crippen molar-refractivity contribution in [3.05, 3.63) is 304 Å². The highest BCUT2D eigenvalue weighted by molar-refractivity contribution is 7.90. The Labute approximate surface area is 772 Å². The van der Waals surface area contributed by atoms with Gasteiger partial charge in [-0.25, -0.2) is 56.3 Å². The Balaban J connectivity index is 0.000000201. The van der Waals surface area contributed by atoms with Gasteiger partial charge in [-0.2, -0.15) is 16.8 Å². The summed E-state index contributed by atoms with van der Waals surface area (Å²) < 4.78 is 221. The van der Waals surface area contributed by atoms with E-state index < -0.39 is 89.2 Å². The van der Waals surface area contributed by atoms with Crippen molar-refractivity contribution in [2.75, 3.05) is 47.4 Å². The molecule has 27 nitrogen and oxygen atoms in total. The van der Waals surface area contributed by atoms with E-state index in [1.165, 1.54) is 80.5 Å². The van der Waals surface area contributed by atoms with E-state index in [0.29, 0.717) is 144 Å². The standard InChI is InChI=1S/C34H34ClFN4O4.C29H26ClFN4O2.C26H17ClFN3O3.C3H9NO2S.2O2S/c1-5-15-40(33(41)44-34(2,3)4)19-26-11-14-30(43-26)23-9-12-29-27(17-23)32(38-21-37-29)39-25-10-13-31(28(35)18-25)42-20-22-7-6-8-24(36)16-22;1-2-12-32-16-23-8-11-27(37-23)20-6-9-26-24(14-20)29(34-18-33-26)35-22-7-10-28(25(30)15-22)36-17-19-4-3-5-21(31)13-19;27-22-12-19(5-8-25(22)33-14-16-2-1-3-18(28)10-16)31-26-21-11-17(4-7-23(21)29-15-30-26)24-9-6-20(13-32)34-24;1-7(5,6)3-2-4;2*1-3-2/h6-14,16-18,21H,5,15,19-20H2,1-4H3,(H,37,38,39);3-11,13-15,18,32H,2,12,16-17H2,1H3,(H,33,34,35);1-13,15H,14H2,(H,29,30,31);2-4H2,1H3;;/i15D2,19D2;12D2,16D2;13D;2D2;;. The molecule has 1 amide bonds. The number of rotatable bonds is 29. The van der Waals surface area contributed by atoms with Crippen LogP contribution in [0.25, 0.3) is 66.7 Å². The van der Waals surface area contributed by atoms with Gasteiger partial charge < -0.3 is 64.1 Å². The zero-order valence-electron chi connectivity index (χ0n) is 79.6. The van der Waals surface area contributed by atoms with Gasteiger partial charge in [0.15, 0.2) is 12.0 Å². The number of hydrogen-bond acceptors (Lipinski definition) is 26. The van der Waals surface area contributed by atoms with Crippen LogP contribution in [0.2, 0.25) is 15.1 Å². The van der Waals surface area contributed by atoms with E-state index in [-0.39, 0.29) is 73.2 Å². The van der Waals surface area contributed by atoms with Gasteiger partial charge in [0.1, 0.15) is 137 Å². The number of nitrogens with one attached hydrogen (secondary N) is 4. The second-order valence-corrected chi connectivity index (χ2v) is 31.3. The number of carbonyl (C=O) groups excluding carboxylic acids is 2. The molecule has 0 saturated carbocycles. The first-order chi connectivity index (χ1) is 65.6. The molecule has 6 N–H and O–H groups in total. The monoisotopic (exact) mass is 1870 g/mol. The maximum atomic E-state index is 13.5. The molecule has 6 heterocycles. The summed E-state index contributed by atoms with van der Waals surface area (Å²) in [6.45, 7) is -2.80. The number of nitrogens with two attached hydrogens (primary N) is 1. The van der Waals surface area contributed by atoms with Gasteiger partial charge in [-0.3, -0.25) is 4.79 Å². The third kappa shape index (κ3) is 29.7. The molecule has 0 radical (unpaired) electrons. The van der Waals surface area contributed by atoms with Gasteiger partial charge in [-0.05, 0) is 239 Å². The van der Waals surface area contributed by atoms with Crippen LogP contribution in [0, 0.1) is 17.5 Å². The molecule has 0 unspecified atom stereocenters. The lowest BCUT2D eigenvalue weighted by atomic mass is 10.1. The Morgan fingerprint density at radius 1 is 0.523 bits per heavy atom. The second kappa shape index (κ2) is 47.9. The highest BCUT2D eigenvalue weighted by Gasteiger charge is 2.24. The molecule has 128 heavy (non-hydrogen) atoms. The zero-order valence-corrected chi connectivity index (χ0v) is 73.3. The summed E-state index contributed by atoms with van der Waals surface area (Å²) in [4.78, 5) is 50.9. The normalized spacial score (nSPS) is 12.7. The molecular formula is C92H86Cl3F3N12O15S3. The van der Waals surface area contributed by atoms with Crippen LogP contribution in [0.4, 0.5) is 52.5 Å². The number of furan rings is 3. The number of aromatic nitrogens is 6. The highest BCUT2D eigenvalue weighted by atomic mass is 35.5. The van der Waals surface area contributed by atoms with Crippen LogP contribution in [0.1, 0.15) is 101 Å². The lowest BCUT2D eigenvalue weighted by Crippen LogP contribution is -2.36. The summed E-state index contributed by atoms with van der Waals surface area (Å²) in [6.07, 6.45) is 3.12. The molecule has 15 aromatic rings. The van der Waals surface area contributed by atoms with E-state index >= 15 is 0 Å². The van der Waals surface area contributed by atoms with Crippen molar-refractivity contribution in [3.8, 4) is 51.2 Å². The van der Waals surface area contributed by atoms with Crippen molar-refractivity contribution < 1.29 is 95.3 Å². The third-order valence-corrected chi connectivity index (χ3v) is 18.6. The predicted octanol–water partition coefficient (Wildman–Crippen LogP) is 21.1. The SMILES string of the molecule is O=S=O.O=S=O.[2H]C(=O)c1ccc(-c2ccc3ncnc(Nc4ccc(OCc5cccc(F)c5)c(Cl)c4)c3c2)o1.[2H]C([2H])(CC)N(C(=O)OC(C)(C)C)C([2H])([2H])c1ccc(-c2ccc3ncnc(Nc4ccc(OCc5cccc(F)c5)c(Cl)c4)c3c2)o1.[2H]C([2H])(CC)NC([2H])([2H])c1ccc(-c2ccc3ncnc(Nc4ccc(OCc5cccc(F)c5)c(Cl)c4)c3c2)o1.[2H]C([2H])(N)CS(C)(=O)=O. The lowest BCUT2D eigenvalue weighted by molar-refractivity contribution is 0.0221. The van der Waals surface area contributed by atoms with Crippen molar-refractivity contribution >= 4 is 147 Å². The van der Waals surface area contributed by atoms with E-state index in [4.69, 9.17) is 105 Å². The quantitative estimate of drug-likeness (QED) is 0.0272. The number of ether oxygens (including phenoxy) is 4. The molecule has 15 rings (SSSR count). The number of sulfone groups is 1. The van der Waals surface area contributed by atoms with Gasteiger partial charge in [0.2, 0.25) is 0 Å². The molecule has 0 saturated heterocycles. The van der Waals surface area contributed by atoms with E-state index in [1.54, 1.807) is 167 Å². The number of amides is 1. The average Bonchev–Trinajstić information content (AvgIpc) is 1.67. The van der Waals surface area contributed by atoms with Gasteiger partial charge in [0.25, 0.3) is 0 Å². The molecule has 0 aliphatic carbocycles. The summed E-state index contributed by atoms with van der Waals surface area (Å²) in [5, 5.41) is 15.2. The van der Waals surface area contributed by atoms with Crippen LogP contribution < -0.4 is 41.2 Å². The molecule has 0 atom stereocenters. The fourth-order valence-electron chi connectivity index (χ4n) is 11.5. The summed E-state index contributed by atoms with van der Waals surface area (Å²) >= 11 is 17.9. The Kier molecular flexibility index (Phi) is 30.6. The Morgan fingerprint density at radius 3 is 1.24 bits per heavy atom. The largest absolute Gasteiger partial charge is 0.487 e. The minimum absolute atomic E-state index is 0.0305. The predicted molar refractivity (Wildman–Crippen MR) is 489 cm³/mol. The topological polar surface area (TPSA) is 368 Å². The number of carbonyl (C=O) groups is 2. The lowest BCUT2D eigenvalue weighted by Gasteiger charge is -2.26. The van der Waals surface area contributed by atoms with Crippen LogP contribution in [0.5, 0.6) is 17.2 Å². The second-order valence-electron chi connectivity index (χ2n) is 27.7. The van der Waals surface area contributed by atoms with Gasteiger partial charge in [0.05, 0.1) is 55.8 Å². The van der Waals surface area contributed by atoms with Gasteiger partial charge in [-0.15, -0.1) is 0 Å². The maximum absolute atomic E-state index is 13.5. The van der Waals surface area contributed by atoms with Crippen LogP contribution in [0.3, 0.4) is 0 Å². The fraction of sp³-hybridized carbons (Fsp3) is 0.196. The maximum Gasteiger partial charge on any atom is 0.410 e. The third-order valence-electron chi connectivity index (χ3n) is 17.0. The van der Waals surface area contributed by atoms with Crippen molar-refractivity contribution in [2.24, 2.45) is 5.73 Å². The smallest absolute Gasteiger partial charge is 0.410 e. The van der Waals surface area contributed by atoms with E-state index in [2.05, 4.69) is 51.2 Å². The van der Waals surface area contributed by atoms with E-state index in [0.717, 1.165) is 11.6 Å². The number of fused-ring (bicyclic) bond motifs is 3. The molecular weight excluding hydrogens is 1770 g/mol. The van der Waals surface area contributed by atoms with Crippen molar-refractivity contribution in [2.45, 2.75) is 85.9 Å². The van der Waals surface area contributed by atoms with Crippen molar-refractivity contribution in [1.82, 2.24) is 40.1 Å². The first kappa shape index (κ1) is 81.8. The number of halogens is 6. The Hall–Kier alpha value is -13.3. The number of anilines is 6. The van der Waals surface area contributed by atoms with Crippen LogP contribution in [-0.2, 0) is 70.5 Å². The van der Waals surface area contributed by atoms with Gasteiger partial charge >= 0.3 is 29.2 Å². The molecule has 9 aromatic carbocycles. The number of aldehydes is 1. The van der Waals surface area contributed by atoms with Crippen molar-refractivity contribution in [1.29, 1.82) is 0 Å². The first-order valence-electron chi connectivity index (χ1n) is 43.6. The minimum Gasteiger partial charge on any atom is -0.487 e. The first-order valence-corrected chi connectivity index (χ1v) is 42.6. The summed E-state index contributed by atoms with van der Waals surface area (Å²) in [7, 11) is -3.28. The number of nitrogens with zero attached hydrogens (tertiary/aromatic N) is 7. The average molecular weight is 1870 g/mol. The van der Waals surface area contributed by atoms with Crippen LogP contribution in [-0.4, -0.2) is 110 Å². The van der Waals surface area contributed by atoms with E-state index in [1.807, 2.05) is 24.3 Å². The fourth-order valence-corrected chi connectivity index (χ4v) is 12.5. The summed E-state index contributed by atoms with van der Waals surface area (Å²) in [5.41, 5.74) is 11.7. The summed E-state index contributed by atoms with van der Waals surface area (Å²) in [5.74, 6) is 2.01. The van der Waals surface area contributed by atoms with Gasteiger partial charge in [-0.1, -0.05) is 85.0 Å². The molecule has 0 aliphatic heterocycles. The number of hydrogen-bond donors (Lipinski definition) is 5. The molecule has 6 aromatic heterocycles. The van der Waals surface area contributed by atoms with Crippen LogP contribution in [0.15, 0.2) is 251 Å². The van der Waals surface area contributed by atoms with Crippen LogP contribution >= 0.6 is 34.8 Å². The molecule has 36 heteroatoms. The Bertz CT molecular complexity index is 7080. The molecule has 0 bridgehead atoms. The van der Waals surface area contributed by atoms with Crippen molar-refractivity contribution in [3.63, 3.8) is 0 Å². The molecule has 0 aliphatic rings. The summed E-state index contributed by atoms with van der Waals surface area (Å²) in [6, 6.07) is 59.3. The molecule has 0 spiro atoms. The minimum atomic E-state index is -3.28. The highest BCUT2D eigenvalue weighted by Crippen LogP contribution is 2.38. The number of benzene rings is 9. The molecule has 0 fully saturated rings. The van der Waals surface area contributed by atoms with Gasteiger partial charge in [0, 0.05) is 77.4 Å². The zero-order chi connectivity index (χ0) is 102.